The Bertz CT molecular complexity index is 582. The van der Waals surface area contributed by atoms with Crippen molar-refractivity contribution in [3.8, 4) is 0 Å². The van der Waals surface area contributed by atoms with E-state index in [4.69, 9.17) is 0 Å². The van der Waals surface area contributed by atoms with Crippen LogP contribution < -0.4 is 0 Å². The Labute approximate surface area is 113 Å². The lowest BCUT2D eigenvalue weighted by Gasteiger charge is -2.29. The molecule has 2 heterocycles. The first-order valence-electron chi connectivity index (χ1n) is 6.36. The van der Waals surface area contributed by atoms with E-state index in [0.717, 1.165) is 18.5 Å². The summed E-state index contributed by atoms with van der Waals surface area (Å²) in [5.74, 6) is -0.463. The highest BCUT2D eigenvalue weighted by molar-refractivity contribution is 5.96. The number of aromatic amines is 1. The van der Waals surface area contributed by atoms with E-state index in [2.05, 4.69) is 15.3 Å². The third-order valence-electron chi connectivity index (χ3n) is 3.53. The van der Waals surface area contributed by atoms with Gasteiger partial charge in [0.15, 0.2) is 5.69 Å². The first-order chi connectivity index (χ1) is 9.41. The van der Waals surface area contributed by atoms with Crippen molar-refractivity contribution in [2.45, 2.75) is 44.3 Å². The standard InChI is InChI=1S/C12H14F2N4O2/c1-6-5-12(20,11(13)14)18(17-6)10(19)9-4-8(15-16-9)7-2-3-7/h4,7,11,20H,2-3,5H2,1H3,(H,15,16)/t12-/m0/s1. The largest absolute Gasteiger partial charge is 0.364 e. The summed E-state index contributed by atoms with van der Waals surface area (Å²) in [4.78, 5) is 12.2. The SMILES string of the molecule is CC1=NN(C(=O)c2cc(C3CC3)[nH]n2)[C@@](O)(C(F)F)C1. The monoisotopic (exact) mass is 284 g/mol. The predicted octanol–water partition coefficient (Wildman–Crippen LogP) is 1.46. The lowest BCUT2D eigenvalue weighted by Crippen LogP contribution is -2.51. The maximum atomic E-state index is 13.0. The van der Waals surface area contributed by atoms with E-state index >= 15 is 0 Å². The Balaban J connectivity index is 1.87. The molecule has 6 nitrogen and oxygen atoms in total. The molecule has 0 spiro atoms. The van der Waals surface area contributed by atoms with Crippen LogP contribution in [0, 0.1) is 0 Å². The van der Waals surface area contributed by atoms with Gasteiger partial charge in [0.1, 0.15) is 0 Å². The summed E-state index contributed by atoms with van der Waals surface area (Å²) < 4.78 is 26.0. The van der Waals surface area contributed by atoms with Crippen LogP contribution >= 0.6 is 0 Å². The third-order valence-corrected chi connectivity index (χ3v) is 3.53. The maximum Gasteiger partial charge on any atom is 0.297 e. The van der Waals surface area contributed by atoms with Crippen molar-refractivity contribution in [1.82, 2.24) is 15.2 Å². The molecular weight excluding hydrogens is 270 g/mol. The summed E-state index contributed by atoms with van der Waals surface area (Å²) in [5, 5.41) is 20.7. The number of amides is 1. The average molecular weight is 284 g/mol. The Morgan fingerprint density at radius 1 is 1.60 bits per heavy atom. The van der Waals surface area contributed by atoms with E-state index in [1.807, 2.05) is 0 Å². The molecule has 0 radical (unpaired) electrons. The molecule has 1 amide bonds. The summed E-state index contributed by atoms with van der Waals surface area (Å²) in [5.41, 5.74) is -1.50. The van der Waals surface area contributed by atoms with Gasteiger partial charge in [0.05, 0.1) is 0 Å². The van der Waals surface area contributed by atoms with Crippen LogP contribution in [0.1, 0.15) is 48.3 Å². The first-order valence-corrected chi connectivity index (χ1v) is 6.36. The van der Waals surface area contributed by atoms with Gasteiger partial charge in [-0.25, -0.2) is 8.78 Å². The van der Waals surface area contributed by atoms with Gasteiger partial charge in [0, 0.05) is 23.7 Å². The zero-order valence-electron chi connectivity index (χ0n) is 10.8. The fraction of sp³-hybridized carbons (Fsp3) is 0.583. The van der Waals surface area contributed by atoms with Gasteiger partial charge in [-0.15, -0.1) is 0 Å². The lowest BCUT2D eigenvalue weighted by molar-refractivity contribution is -0.164. The van der Waals surface area contributed by atoms with Crippen molar-refractivity contribution in [3.63, 3.8) is 0 Å². The van der Waals surface area contributed by atoms with Crippen molar-refractivity contribution in [2.24, 2.45) is 5.10 Å². The van der Waals surface area contributed by atoms with Crippen LogP contribution in [-0.2, 0) is 0 Å². The van der Waals surface area contributed by atoms with Crippen LogP contribution in [0.2, 0.25) is 0 Å². The van der Waals surface area contributed by atoms with Crippen molar-refractivity contribution < 1.29 is 18.7 Å². The topological polar surface area (TPSA) is 81.6 Å². The summed E-state index contributed by atoms with van der Waals surface area (Å²) in [6, 6.07) is 1.54. The minimum absolute atomic E-state index is 0.00979. The Kier molecular flexibility index (Phi) is 2.86. The highest BCUT2D eigenvalue weighted by atomic mass is 19.3. The number of nitrogens with zero attached hydrogens (tertiary/aromatic N) is 3. The molecule has 1 fully saturated rings. The second-order valence-corrected chi connectivity index (χ2v) is 5.29. The van der Waals surface area contributed by atoms with Gasteiger partial charge in [0.25, 0.3) is 12.3 Å². The van der Waals surface area contributed by atoms with Crippen LogP contribution in [0.15, 0.2) is 11.2 Å². The second kappa shape index (κ2) is 4.34. The van der Waals surface area contributed by atoms with Crippen LogP contribution in [0.3, 0.4) is 0 Å². The minimum Gasteiger partial charge on any atom is -0.364 e. The summed E-state index contributed by atoms with van der Waals surface area (Å²) >= 11 is 0. The highest BCUT2D eigenvalue weighted by Gasteiger charge is 2.51. The van der Waals surface area contributed by atoms with E-state index in [0.29, 0.717) is 10.9 Å². The van der Waals surface area contributed by atoms with E-state index in [1.165, 1.54) is 13.0 Å². The molecular formula is C12H14F2N4O2. The minimum atomic E-state index is -3.10. The molecule has 1 saturated carbocycles. The smallest absolute Gasteiger partial charge is 0.297 e. The Hall–Kier alpha value is -1.83. The molecule has 1 aromatic heterocycles. The second-order valence-electron chi connectivity index (χ2n) is 5.29. The van der Waals surface area contributed by atoms with Gasteiger partial charge in [-0.2, -0.15) is 15.2 Å². The van der Waals surface area contributed by atoms with Crippen molar-refractivity contribution in [2.75, 3.05) is 0 Å². The first kappa shape index (κ1) is 13.2. The van der Waals surface area contributed by atoms with E-state index in [9.17, 15) is 18.7 Å². The van der Waals surface area contributed by atoms with Gasteiger partial charge < -0.3 is 5.11 Å². The number of aromatic nitrogens is 2. The van der Waals surface area contributed by atoms with Gasteiger partial charge in [-0.05, 0) is 25.8 Å². The number of carbonyl (C=O) groups is 1. The fourth-order valence-electron chi connectivity index (χ4n) is 2.29. The van der Waals surface area contributed by atoms with Crippen LogP contribution in [0.25, 0.3) is 0 Å². The fourth-order valence-corrected chi connectivity index (χ4v) is 2.29. The van der Waals surface area contributed by atoms with Crippen molar-refractivity contribution in [1.29, 1.82) is 0 Å². The van der Waals surface area contributed by atoms with Crippen LogP contribution in [0.5, 0.6) is 0 Å². The summed E-state index contributed by atoms with van der Waals surface area (Å²) in [7, 11) is 0. The van der Waals surface area contributed by atoms with Gasteiger partial charge >= 0.3 is 0 Å². The number of alkyl halides is 2. The summed E-state index contributed by atoms with van der Waals surface area (Å²) in [6.07, 6.45) is -1.42. The van der Waals surface area contributed by atoms with Crippen molar-refractivity contribution in [3.05, 3.63) is 17.5 Å². The van der Waals surface area contributed by atoms with E-state index in [-0.39, 0.29) is 17.8 Å². The number of nitrogens with one attached hydrogen (secondary N) is 1. The van der Waals surface area contributed by atoms with Crippen LogP contribution in [0.4, 0.5) is 8.78 Å². The zero-order valence-corrected chi connectivity index (χ0v) is 10.8. The number of rotatable bonds is 3. The van der Waals surface area contributed by atoms with Gasteiger partial charge in [-0.1, -0.05) is 0 Å². The molecule has 20 heavy (non-hydrogen) atoms. The number of aliphatic hydroxyl groups is 1. The predicted molar refractivity (Wildman–Crippen MR) is 65.4 cm³/mol. The van der Waals surface area contributed by atoms with Crippen molar-refractivity contribution >= 4 is 11.6 Å². The number of hydrogen-bond donors (Lipinski definition) is 2. The molecule has 0 saturated heterocycles. The Morgan fingerprint density at radius 2 is 2.30 bits per heavy atom. The third kappa shape index (κ3) is 2.00. The molecule has 2 N–H and O–H groups in total. The molecule has 8 heteroatoms. The molecule has 2 aliphatic rings. The molecule has 108 valence electrons. The molecule has 1 atom stereocenters. The number of H-pyrrole nitrogens is 1. The molecule has 1 aliphatic heterocycles. The van der Waals surface area contributed by atoms with Gasteiger partial charge in [-0.3, -0.25) is 9.89 Å². The Morgan fingerprint density at radius 3 is 2.90 bits per heavy atom. The quantitative estimate of drug-likeness (QED) is 0.881. The molecule has 0 unspecified atom stereocenters. The molecule has 3 rings (SSSR count). The molecule has 0 aromatic carbocycles. The average Bonchev–Trinajstić information content (AvgIpc) is 3.03. The molecule has 1 aromatic rings. The zero-order chi connectivity index (χ0) is 14.5. The highest BCUT2D eigenvalue weighted by Crippen LogP contribution is 2.39. The molecule has 0 bridgehead atoms. The van der Waals surface area contributed by atoms with Crippen LogP contribution in [-0.4, -0.2) is 44.1 Å². The number of hydrazone groups is 1. The molecule has 1 aliphatic carbocycles. The number of halogens is 2. The number of hydrogen-bond acceptors (Lipinski definition) is 4. The number of carbonyl (C=O) groups excluding carboxylic acids is 1. The lowest BCUT2D eigenvalue weighted by atomic mass is 10.1. The van der Waals surface area contributed by atoms with E-state index < -0.39 is 18.1 Å². The normalized spacial score (nSPS) is 26.2. The van der Waals surface area contributed by atoms with E-state index in [1.54, 1.807) is 0 Å². The maximum absolute atomic E-state index is 13.0. The summed E-state index contributed by atoms with van der Waals surface area (Å²) in [6.45, 7) is 1.49. The van der Waals surface area contributed by atoms with Gasteiger partial charge in [0.2, 0.25) is 5.72 Å².